The third-order valence-corrected chi connectivity index (χ3v) is 1.85. The average molecular weight is 175 g/mol. The van der Waals surface area contributed by atoms with Gasteiger partial charge < -0.3 is 5.11 Å². The minimum atomic E-state index is -0.385. The Labute approximate surface area is 70.6 Å². The van der Waals surface area contributed by atoms with Crippen LogP contribution in [0.5, 0.6) is 0 Å². The van der Waals surface area contributed by atoms with Crippen molar-refractivity contribution in [1.82, 2.24) is 9.78 Å². The van der Waals surface area contributed by atoms with E-state index in [0.717, 1.165) is 5.69 Å². The van der Waals surface area contributed by atoms with Crippen LogP contribution in [0, 0.1) is 6.92 Å². The van der Waals surface area contributed by atoms with Crippen LogP contribution >= 0.6 is 11.6 Å². The third kappa shape index (κ3) is 1.94. The number of aliphatic hydroxyl groups is 1. The highest BCUT2D eigenvalue weighted by atomic mass is 35.5. The minimum Gasteiger partial charge on any atom is -0.391 e. The smallest absolute Gasteiger partial charge is 0.0814 e. The molecule has 3 nitrogen and oxygen atoms in total. The molecule has 1 rings (SSSR count). The van der Waals surface area contributed by atoms with Gasteiger partial charge in [0.25, 0.3) is 0 Å². The fourth-order valence-electron chi connectivity index (χ4n) is 0.858. The molecule has 0 bridgehead atoms. The Morgan fingerprint density at radius 3 is 2.82 bits per heavy atom. The van der Waals surface area contributed by atoms with Crippen LogP contribution in [0.1, 0.15) is 12.6 Å². The van der Waals surface area contributed by atoms with Gasteiger partial charge in [-0.05, 0) is 13.8 Å². The third-order valence-electron chi connectivity index (χ3n) is 1.48. The molecule has 0 saturated heterocycles. The molecule has 1 atom stereocenters. The van der Waals surface area contributed by atoms with E-state index in [-0.39, 0.29) is 6.10 Å². The molecule has 0 saturated carbocycles. The second kappa shape index (κ2) is 3.24. The van der Waals surface area contributed by atoms with Gasteiger partial charge in [-0.25, -0.2) is 0 Å². The lowest BCUT2D eigenvalue weighted by Gasteiger charge is -2.05. The first kappa shape index (κ1) is 8.56. The van der Waals surface area contributed by atoms with Crippen LogP contribution < -0.4 is 0 Å². The summed E-state index contributed by atoms with van der Waals surface area (Å²) in [6, 6.07) is 0. The van der Waals surface area contributed by atoms with Gasteiger partial charge in [-0.15, -0.1) is 0 Å². The van der Waals surface area contributed by atoms with Crippen molar-refractivity contribution in [2.75, 3.05) is 0 Å². The van der Waals surface area contributed by atoms with Crippen LogP contribution in [-0.2, 0) is 6.54 Å². The van der Waals surface area contributed by atoms with Crippen LogP contribution in [0.15, 0.2) is 6.20 Å². The molecule has 0 unspecified atom stereocenters. The van der Waals surface area contributed by atoms with Crippen LogP contribution in [0.2, 0.25) is 5.02 Å². The Morgan fingerprint density at radius 2 is 2.45 bits per heavy atom. The Morgan fingerprint density at radius 1 is 1.82 bits per heavy atom. The van der Waals surface area contributed by atoms with Crippen molar-refractivity contribution in [2.45, 2.75) is 26.5 Å². The lowest BCUT2D eigenvalue weighted by atomic mass is 10.4. The molecule has 0 aliphatic carbocycles. The van der Waals surface area contributed by atoms with Crippen molar-refractivity contribution in [3.05, 3.63) is 16.9 Å². The Bertz CT molecular complexity index is 245. The number of aliphatic hydroxyl groups excluding tert-OH is 1. The molecule has 0 radical (unpaired) electrons. The maximum absolute atomic E-state index is 9.04. The maximum Gasteiger partial charge on any atom is 0.0814 e. The largest absolute Gasteiger partial charge is 0.391 e. The van der Waals surface area contributed by atoms with E-state index in [1.165, 1.54) is 0 Å². The number of halogens is 1. The standard InChI is InChI=1S/C7H11ClN2O/c1-5(11)4-10-6(2)7(8)3-9-10/h3,5,11H,4H2,1-2H3/t5-/m0/s1. The molecule has 1 N–H and O–H groups in total. The van der Waals surface area contributed by atoms with Gasteiger partial charge in [0.2, 0.25) is 0 Å². The van der Waals surface area contributed by atoms with Crippen LogP contribution in [0.3, 0.4) is 0 Å². The normalized spacial score (nSPS) is 13.5. The van der Waals surface area contributed by atoms with E-state index in [2.05, 4.69) is 5.10 Å². The number of aromatic nitrogens is 2. The zero-order valence-corrected chi connectivity index (χ0v) is 7.34. The maximum atomic E-state index is 9.04. The molecule has 1 aromatic heterocycles. The van der Waals surface area contributed by atoms with Gasteiger partial charge in [0.15, 0.2) is 0 Å². The van der Waals surface area contributed by atoms with Crippen molar-refractivity contribution in [1.29, 1.82) is 0 Å². The van der Waals surface area contributed by atoms with Gasteiger partial charge in [0, 0.05) is 0 Å². The molecule has 0 spiro atoms. The molecule has 62 valence electrons. The molecule has 4 heteroatoms. The van der Waals surface area contributed by atoms with Crippen molar-refractivity contribution >= 4 is 11.6 Å². The van der Waals surface area contributed by atoms with Gasteiger partial charge in [-0.1, -0.05) is 11.6 Å². The van der Waals surface area contributed by atoms with Gasteiger partial charge >= 0.3 is 0 Å². The first-order valence-electron chi connectivity index (χ1n) is 3.47. The molecule has 1 heterocycles. The number of hydrogen-bond acceptors (Lipinski definition) is 2. The second-order valence-electron chi connectivity index (χ2n) is 2.61. The van der Waals surface area contributed by atoms with Gasteiger partial charge in [0.1, 0.15) is 0 Å². The molecule has 1 aromatic rings. The Hall–Kier alpha value is -0.540. The average Bonchev–Trinajstić information content (AvgIpc) is 2.18. The summed E-state index contributed by atoms with van der Waals surface area (Å²) < 4.78 is 1.69. The van der Waals surface area contributed by atoms with E-state index in [4.69, 9.17) is 16.7 Å². The van der Waals surface area contributed by atoms with E-state index >= 15 is 0 Å². The van der Waals surface area contributed by atoms with Crippen molar-refractivity contribution in [3.63, 3.8) is 0 Å². The zero-order chi connectivity index (χ0) is 8.43. The fraction of sp³-hybridized carbons (Fsp3) is 0.571. The number of hydrogen-bond donors (Lipinski definition) is 1. The molecule has 0 aromatic carbocycles. The SMILES string of the molecule is Cc1c(Cl)cnn1C[C@H](C)O. The zero-order valence-electron chi connectivity index (χ0n) is 6.58. The highest BCUT2D eigenvalue weighted by Gasteiger charge is 2.05. The number of rotatable bonds is 2. The monoisotopic (exact) mass is 174 g/mol. The molecule has 11 heavy (non-hydrogen) atoms. The summed E-state index contributed by atoms with van der Waals surface area (Å²) in [6.45, 7) is 4.09. The van der Waals surface area contributed by atoms with E-state index in [1.54, 1.807) is 17.8 Å². The van der Waals surface area contributed by atoms with Gasteiger partial charge in [-0.3, -0.25) is 4.68 Å². The van der Waals surface area contributed by atoms with Crippen molar-refractivity contribution in [3.8, 4) is 0 Å². The summed E-state index contributed by atoms with van der Waals surface area (Å²) >= 11 is 5.75. The molecule has 0 aliphatic heterocycles. The summed E-state index contributed by atoms with van der Waals surface area (Å²) in [4.78, 5) is 0. The first-order valence-corrected chi connectivity index (χ1v) is 3.85. The summed E-state index contributed by atoms with van der Waals surface area (Å²) in [5.41, 5.74) is 0.896. The van der Waals surface area contributed by atoms with E-state index in [1.807, 2.05) is 6.92 Å². The fourth-order valence-corrected chi connectivity index (χ4v) is 0.999. The summed E-state index contributed by atoms with van der Waals surface area (Å²) in [6.07, 6.45) is 1.20. The Kier molecular flexibility index (Phi) is 2.52. The van der Waals surface area contributed by atoms with E-state index in [9.17, 15) is 0 Å². The second-order valence-corrected chi connectivity index (χ2v) is 3.02. The van der Waals surface area contributed by atoms with Gasteiger partial charge in [-0.2, -0.15) is 5.10 Å². The van der Waals surface area contributed by atoms with Crippen LogP contribution in [0.25, 0.3) is 0 Å². The minimum absolute atomic E-state index is 0.385. The van der Waals surface area contributed by atoms with Crippen molar-refractivity contribution in [2.24, 2.45) is 0 Å². The first-order chi connectivity index (χ1) is 5.11. The lowest BCUT2D eigenvalue weighted by Crippen LogP contribution is -2.13. The van der Waals surface area contributed by atoms with E-state index < -0.39 is 0 Å². The quantitative estimate of drug-likeness (QED) is 0.733. The Balaban J connectivity index is 2.79. The molecule has 0 aliphatic rings. The highest BCUT2D eigenvalue weighted by Crippen LogP contribution is 2.13. The molecular weight excluding hydrogens is 164 g/mol. The van der Waals surface area contributed by atoms with Gasteiger partial charge in [0.05, 0.1) is 29.6 Å². The molecule has 0 fully saturated rings. The lowest BCUT2D eigenvalue weighted by molar-refractivity contribution is 0.167. The van der Waals surface area contributed by atoms with Crippen molar-refractivity contribution < 1.29 is 5.11 Å². The van der Waals surface area contributed by atoms with Crippen LogP contribution in [0.4, 0.5) is 0 Å². The molecular formula is C7H11ClN2O. The predicted octanol–water partition coefficient (Wildman–Crippen LogP) is 1.23. The topological polar surface area (TPSA) is 38.0 Å². The summed E-state index contributed by atoms with van der Waals surface area (Å²) in [7, 11) is 0. The van der Waals surface area contributed by atoms with E-state index in [0.29, 0.717) is 11.6 Å². The number of nitrogens with zero attached hydrogens (tertiary/aromatic N) is 2. The highest BCUT2D eigenvalue weighted by molar-refractivity contribution is 6.31. The van der Waals surface area contributed by atoms with Crippen LogP contribution in [-0.4, -0.2) is 21.0 Å². The summed E-state index contributed by atoms with van der Waals surface area (Å²) in [5.74, 6) is 0. The summed E-state index contributed by atoms with van der Waals surface area (Å²) in [5, 5.41) is 13.7. The molecule has 0 amide bonds. The predicted molar refractivity (Wildman–Crippen MR) is 43.7 cm³/mol.